The van der Waals surface area contributed by atoms with Crippen LogP contribution < -0.4 is 16.8 Å². The highest BCUT2D eigenvalue weighted by Crippen LogP contribution is 2.33. The molecule has 3 atom stereocenters. The number of primary amides is 1. The van der Waals surface area contributed by atoms with Gasteiger partial charge in [-0.3, -0.25) is 19.9 Å². The number of amides is 2. The van der Waals surface area contributed by atoms with Crippen LogP contribution >= 0.6 is 0 Å². The first-order chi connectivity index (χ1) is 14.3. The fourth-order valence-corrected chi connectivity index (χ4v) is 3.94. The molecule has 1 heterocycles. The Morgan fingerprint density at radius 3 is 2.33 bits per heavy atom. The van der Waals surface area contributed by atoms with Crippen molar-refractivity contribution >= 4 is 17.6 Å². The van der Waals surface area contributed by atoms with Gasteiger partial charge >= 0.3 is 0 Å². The summed E-state index contributed by atoms with van der Waals surface area (Å²) in [6.07, 6.45) is 0.614. The van der Waals surface area contributed by atoms with E-state index in [4.69, 9.17) is 16.9 Å². The van der Waals surface area contributed by atoms with Gasteiger partial charge in [-0.25, -0.2) is 0 Å². The number of nitrogens with one attached hydrogen (secondary N) is 2. The molecule has 1 fully saturated rings. The van der Waals surface area contributed by atoms with Crippen molar-refractivity contribution in [2.24, 2.45) is 11.5 Å². The highest BCUT2D eigenvalue weighted by atomic mass is 16.2. The molecular formula is C23H29N5O2. The first-order valence-electron chi connectivity index (χ1n) is 10.1. The molecule has 2 aromatic carbocycles. The van der Waals surface area contributed by atoms with Gasteiger partial charge in [0.2, 0.25) is 11.8 Å². The third-order valence-corrected chi connectivity index (χ3v) is 5.83. The summed E-state index contributed by atoms with van der Waals surface area (Å²) in [6, 6.07) is 14.5. The SMILES string of the molecule is Cc1ccc(C2CC(C(N)=O)N([C@@H](C)C(=O)NCc3ccc(C(=N)N)cc3)C2)cc1. The number of hydrogen-bond acceptors (Lipinski definition) is 4. The Balaban J connectivity index is 1.64. The standard InChI is InChI=1S/C23H29N5O2/c1-14-3-7-17(8-4-14)19-11-20(22(26)29)28(13-19)15(2)23(30)27-12-16-5-9-18(10-6-16)21(24)25/h3-10,15,19-20H,11-13H2,1-2H3,(H3,24,25)(H2,26,29)(H,27,30)/t15-,19?,20?/m0/s1. The van der Waals surface area contributed by atoms with Gasteiger partial charge in [0.15, 0.2) is 0 Å². The quantitative estimate of drug-likeness (QED) is 0.411. The number of nitrogen functional groups attached to an aromatic ring is 1. The lowest BCUT2D eigenvalue weighted by molar-refractivity contribution is -0.129. The zero-order chi connectivity index (χ0) is 21.8. The number of amidine groups is 1. The minimum absolute atomic E-state index is 0.00821. The van der Waals surface area contributed by atoms with Crippen LogP contribution in [-0.2, 0) is 16.1 Å². The predicted octanol–water partition coefficient (Wildman–Crippen LogP) is 1.63. The maximum atomic E-state index is 12.8. The molecule has 0 aliphatic carbocycles. The second-order valence-corrected chi connectivity index (χ2v) is 7.96. The van der Waals surface area contributed by atoms with E-state index in [1.165, 1.54) is 5.56 Å². The summed E-state index contributed by atoms with van der Waals surface area (Å²) in [5.74, 6) is -0.378. The van der Waals surface area contributed by atoms with Crippen molar-refractivity contribution in [2.75, 3.05) is 6.54 Å². The van der Waals surface area contributed by atoms with Crippen LogP contribution in [-0.4, -0.2) is 41.2 Å². The van der Waals surface area contributed by atoms with Gasteiger partial charge in [0.1, 0.15) is 5.84 Å². The molecule has 0 bridgehead atoms. The number of likely N-dealkylation sites (tertiary alicyclic amines) is 1. The topological polar surface area (TPSA) is 125 Å². The smallest absolute Gasteiger partial charge is 0.237 e. The molecule has 158 valence electrons. The minimum atomic E-state index is -0.477. The molecular weight excluding hydrogens is 378 g/mol. The van der Waals surface area contributed by atoms with Crippen LogP contribution in [0.25, 0.3) is 0 Å². The van der Waals surface area contributed by atoms with Gasteiger partial charge in [-0.15, -0.1) is 0 Å². The van der Waals surface area contributed by atoms with Crippen molar-refractivity contribution in [3.05, 3.63) is 70.8 Å². The second kappa shape index (κ2) is 9.09. The lowest BCUT2D eigenvalue weighted by Gasteiger charge is -2.28. The molecule has 0 saturated carbocycles. The van der Waals surface area contributed by atoms with E-state index in [0.717, 1.165) is 11.1 Å². The molecule has 30 heavy (non-hydrogen) atoms. The summed E-state index contributed by atoms with van der Waals surface area (Å²) in [7, 11) is 0. The fraction of sp³-hybridized carbons (Fsp3) is 0.348. The minimum Gasteiger partial charge on any atom is -0.384 e. The summed E-state index contributed by atoms with van der Waals surface area (Å²) in [6.45, 7) is 4.81. The van der Waals surface area contributed by atoms with E-state index in [-0.39, 0.29) is 17.7 Å². The lowest BCUT2D eigenvalue weighted by atomic mass is 9.95. The summed E-state index contributed by atoms with van der Waals surface area (Å²) in [5.41, 5.74) is 15.0. The van der Waals surface area contributed by atoms with Crippen LogP contribution in [0.4, 0.5) is 0 Å². The summed E-state index contributed by atoms with van der Waals surface area (Å²) >= 11 is 0. The van der Waals surface area contributed by atoms with Crippen molar-refractivity contribution in [1.29, 1.82) is 5.41 Å². The average Bonchev–Trinajstić information content (AvgIpc) is 3.18. The van der Waals surface area contributed by atoms with Crippen LogP contribution in [0.5, 0.6) is 0 Å². The number of benzene rings is 2. The van der Waals surface area contributed by atoms with Gasteiger partial charge in [-0.2, -0.15) is 0 Å². The molecule has 1 aliphatic rings. The highest BCUT2D eigenvalue weighted by molar-refractivity contribution is 5.94. The molecule has 0 spiro atoms. The van der Waals surface area contributed by atoms with Gasteiger partial charge in [0.25, 0.3) is 0 Å². The molecule has 0 aromatic heterocycles. The van der Waals surface area contributed by atoms with E-state index >= 15 is 0 Å². The Kier molecular flexibility index (Phi) is 6.52. The van der Waals surface area contributed by atoms with E-state index in [9.17, 15) is 9.59 Å². The van der Waals surface area contributed by atoms with Gasteiger partial charge in [0, 0.05) is 18.7 Å². The monoisotopic (exact) mass is 407 g/mol. The van der Waals surface area contributed by atoms with Crippen LogP contribution in [0.2, 0.25) is 0 Å². The Morgan fingerprint density at radius 1 is 1.13 bits per heavy atom. The van der Waals surface area contributed by atoms with E-state index in [2.05, 4.69) is 29.6 Å². The molecule has 6 N–H and O–H groups in total. The van der Waals surface area contributed by atoms with E-state index in [0.29, 0.717) is 25.1 Å². The maximum Gasteiger partial charge on any atom is 0.237 e. The third kappa shape index (κ3) is 4.86. The van der Waals surface area contributed by atoms with Gasteiger partial charge in [-0.1, -0.05) is 54.1 Å². The molecule has 3 rings (SSSR count). The Labute approximate surface area is 176 Å². The Morgan fingerprint density at radius 2 is 1.77 bits per heavy atom. The van der Waals surface area contributed by atoms with Gasteiger partial charge < -0.3 is 16.8 Å². The van der Waals surface area contributed by atoms with Crippen LogP contribution in [0.3, 0.4) is 0 Å². The van der Waals surface area contributed by atoms with E-state index < -0.39 is 18.0 Å². The molecule has 1 aliphatic heterocycles. The predicted molar refractivity (Wildman–Crippen MR) is 117 cm³/mol. The highest BCUT2D eigenvalue weighted by Gasteiger charge is 2.40. The lowest BCUT2D eigenvalue weighted by Crippen LogP contribution is -2.51. The number of carbonyl (C=O) groups excluding carboxylic acids is 2. The average molecular weight is 408 g/mol. The number of rotatable bonds is 7. The summed E-state index contributed by atoms with van der Waals surface area (Å²) < 4.78 is 0. The van der Waals surface area contributed by atoms with E-state index in [1.54, 1.807) is 12.1 Å². The fourth-order valence-electron chi connectivity index (χ4n) is 3.94. The van der Waals surface area contributed by atoms with Crippen molar-refractivity contribution in [3.8, 4) is 0 Å². The first-order valence-corrected chi connectivity index (χ1v) is 10.1. The number of nitrogens with zero attached hydrogens (tertiary/aromatic N) is 1. The molecule has 0 radical (unpaired) electrons. The third-order valence-electron chi connectivity index (χ3n) is 5.83. The van der Waals surface area contributed by atoms with Crippen molar-refractivity contribution in [3.63, 3.8) is 0 Å². The Hall–Kier alpha value is -3.19. The first kappa shape index (κ1) is 21.5. The van der Waals surface area contributed by atoms with Crippen molar-refractivity contribution in [1.82, 2.24) is 10.2 Å². The number of nitrogens with two attached hydrogens (primary N) is 2. The normalized spacial score (nSPS) is 19.9. The Bertz CT molecular complexity index is 924. The van der Waals surface area contributed by atoms with E-state index in [1.807, 2.05) is 30.9 Å². The molecule has 2 unspecified atom stereocenters. The van der Waals surface area contributed by atoms with Crippen LogP contribution in [0.1, 0.15) is 41.5 Å². The van der Waals surface area contributed by atoms with Gasteiger partial charge in [-0.05, 0) is 37.3 Å². The molecule has 2 aromatic rings. The zero-order valence-corrected chi connectivity index (χ0v) is 17.4. The zero-order valence-electron chi connectivity index (χ0n) is 17.4. The second-order valence-electron chi connectivity index (χ2n) is 7.96. The molecule has 7 nitrogen and oxygen atoms in total. The number of aryl methyl sites for hydroxylation is 1. The van der Waals surface area contributed by atoms with Gasteiger partial charge in [0.05, 0.1) is 12.1 Å². The molecule has 7 heteroatoms. The molecule has 2 amide bonds. The van der Waals surface area contributed by atoms with Crippen molar-refractivity contribution < 1.29 is 9.59 Å². The number of carbonyl (C=O) groups is 2. The summed E-state index contributed by atoms with van der Waals surface area (Å²) in [5, 5.41) is 10.4. The van der Waals surface area contributed by atoms with Crippen LogP contribution in [0, 0.1) is 12.3 Å². The molecule has 1 saturated heterocycles. The maximum absolute atomic E-state index is 12.8. The largest absolute Gasteiger partial charge is 0.384 e. The number of hydrogen-bond donors (Lipinski definition) is 4. The summed E-state index contributed by atoms with van der Waals surface area (Å²) in [4.78, 5) is 26.7. The van der Waals surface area contributed by atoms with Crippen molar-refractivity contribution in [2.45, 2.75) is 44.8 Å². The van der Waals surface area contributed by atoms with Crippen LogP contribution in [0.15, 0.2) is 48.5 Å².